The number of rotatable bonds is 5. The van der Waals surface area contributed by atoms with E-state index in [0.717, 1.165) is 0 Å². The molecule has 0 saturated carbocycles. The Hall–Kier alpha value is -1.88. The number of benzene rings is 2. The molecule has 2 rings (SSSR count). The molecule has 0 saturated heterocycles. The van der Waals surface area contributed by atoms with Crippen molar-refractivity contribution in [3.63, 3.8) is 0 Å². The Morgan fingerprint density at radius 2 is 1.39 bits per heavy atom. The molecule has 0 atom stereocenters. The molecule has 4 nitrogen and oxygen atoms in total. The van der Waals surface area contributed by atoms with Gasteiger partial charge in [0.2, 0.25) is 0 Å². The summed E-state index contributed by atoms with van der Waals surface area (Å²) in [5.74, 6) is -0.189. The zero-order valence-electron chi connectivity index (χ0n) is 14.2. The molecule has 2 aromatic rings. The van der Waals surface area contributed by atoms with E-state index in [0.29, 0.717) is 11.5 Å². The second-order valence-corrected chi connectivity index (χ2v) is 4.48. The van der Waals surface area contributed by atoms with Gasteiger partial charge in [-0.15, -0.1) is 0 Å². The van der Waals surface area contributed by atoms with Crippen molar-refractivity contribution in [3.8, 4) is 11.5 Å². The van der Waals surface area contributed by atoms with Crippen molar-refractivity contribution >= 4 is 11.9 Å². The Morgan fingerprint density at radius 1 is 0.913 bits per heavy atom. The normalized spacial score (nSPS) is 10.4. The Morgan fingerprint density at radius 3 is 1.87 bits per heavy atom. The molecule has 0 bridgehead atoms. The van der Waals surface area contributed by atoms with Crippen LogP contribution < -0.4 is 39.0 Å². The van der Waals surface area contributed by atoms with Crippen LogP contribution in [0, 0.1) is 0 Å². The van der Waals surface area contributed by atoms with Crippen molar-refractivity contribution < 1.29 is 50.0 Å². The van der Waals surface area contributed by atoms with Crippen molar-refractivity contribution in [1.29, 1.82) is 0 Å². The molecule has 0 aromatic heterocycles. The van der Waals surface area contributed by atoms with E-state index in [2.05, 4.69) is 0 Å². The predicted molar refractivity (Wildman–Crippen MR) is 83.6 cm³/mol. The first-order valence-corrected chi connectivity index (χ1v) is 6.87. The smallest absolute Gasteiger partial charge is 1.00 e. The number of ether oxygens (including phenoxy) is 2. The van der Waals surface area contributed by atoms with Crippen LogP contribution in [0.3, 0.4) is 0 Å². The average Bonchev–Trinajstić information content (AvgIpc) is 2.54. The fourth-order valence-corrected chi connectivity index (χ4v) is 1.76. The number of esters is 2. The SMILES string of the molecule is CC=C(CC(=O)Oc1ccccc1)C(=O)Oc1ccccc1.[H-].[Na+]. The summed E-state index contributed by atoms with van der Waals surface area (Å²) in [7, 11) is 0. The molecule has 2 aromatic carbocycles. The van der Waals surface area contributed by atoms with Crippen LogP contribution in [0.4, 0.5) is 0 Å². The van der Waals surface area contributed by atoms with Crippen molar-refractivity contribution in [3.05, 3.63) is 72.3 Å². The first-order valence-electron chi connectivity index (χ1n) is 6.87. The predicted octanol–water partition coefficient (Wildman–Crippen LogP) is 0.650. The number of para-hydroxylation sites is 2. The molecule has 0 N–H and O–H groups in total. The monoisotopic (exact) mass is 320 g/mol. The molecule has 0 spiro atoms. The van der Waals surface area contributed by atoms with Gasteiger partial charge in [0.05, 0.1) is 6.42 Å². The zero-order valence-corrected chi connectivity index (χ0v) is 15.2. The zero-order chi connectivity index (χ0) is 15.8. The van der Waals surface area contributed by atoms with Crippen LogP contribution in [0.25, 0.3) is 0 Å². The van der Waals surface area contributed by atoms with Gasteiger partial charge >= 0.3 is 41.5 Å². The maximum atomic E-state index is 12.0. The minimum absolute atomic E-state index is 0. The van der Waals surface area contributed by atoms with Gasteiger partial charge in [-0.2, -0.15) is 0 Å². The molecule has 0 radical (unpaired) electrons. The molecule has 0 amide bonds. The number of allylic oxidation sites excluding steroid dienone is 1. The van der Waals surface area contributed by atoms with Gasteiger partial charge in [0.1, 0.15) is 11.5 Å². The number of hydrogen-bond donors (Lipinski definition) is 0. The molecule has 0 unspecified atom stereocenters. The summed E-state index contributed by atoms with van der Waals surface area (Å²) in [5, 5.41) is 0. The minimum Gasteiger partial charge on any atom is -1.00 e. The third-order valence-electron chi connectivity index (χ3n) is 2.87. The molecule has 114 valence electrons. The summed E-state index contributed by atoms with van der Waals surface area (Å²) < 4.78 is 10.4. The largest absolute Gasteiger partial charge is 1.00 e. The van der Waals surface area contributed by atoms with E-state index in [1.807, 2.05) is 12.1 Å². The molecule has 0 aliphatic rings. The second kappa shape index (κ2) is 10.0. The summed E-state index contributed by atoms with van der Waals surface area (Å²) >= 11 is 0. The average molecular weight is 320 g/mol. The van der Waals surface area contributed by atoms with Crippen LogP contribution in [-0.4, -0.2) is 11.9 Å². The molecule has 23 heavy (non-hydrogen) atoms. The van der Waals surface area contributed by atoms with E-state index in [4.69, 9.17) is 9.47 Å². The fourth-order valence-electron chi connectivity index (χ4n) is 1.76. The molecule has 0 heterocycles. The third-order valence-corrected chi connectivity index (χ3v) is 2.87. The van der Waals surface area contributed by atoms with E-state index < -0.39 is 11.9 Å². The van der Waals surface area contributed by atoms with Crippen molar-refractivity contribution in [1.82, 2.24) is 0 Å². The van der Waals surface area contributed by atoms with Gasteiger partial charge in [-0.25, -0.2) is 4.79 Å². The van der Waals surface area contributed by atoms with E-state index in [9.17, 15) is 9.59 Å². The van der Waals surface area contributed by atoms with Gasteiger partial charge in [0, 0.05) is 5.57 Å². The molecule has 0 aliphatic heterocycles. The Bertz CT molecular complexity index is 672. The molecular weight excluding hydrogens is 303 g/mol. The van der Waals surface area contributed by atoms with Crippen molar-refractivity contribution in [2.24, 2.45) is 0 Å². The van der Waals surface area contributed by atoms with Crippen molar-refractivity contribution in [2.45, 2.75) is 13.3 Å². The third kappa shape index (κ3) is 6.40. The van der Waals surface area contributed by atoms with E-state index in [1.165, 1.54) is 0 Å². The van der Waals surface area contributed by atoms with Crippen LogP contribution in [0.5, 0.6) is 11.5 Å². The van der Waals surface area contributed by atoms with Crippen LogP contribution >= 0.6 is 0 Å². The topological polar surface area (TPSA) is 52.6 Å². The molecule has 0 aliphatic carbocycles. The maximum Gasteiger partial charge on any atom is 1.00 e. The van der Waals surface area contributed by atoms with Gasteiger partial charge in [0.25, 0.3) is 0 Å². The summed E-state index contributed by atoms with van der Waals surface area (Å²) in [6, 6.07) is 17.4. The molecular formula is C18H17NaO4. The second-order valence-electron chi connectivity index (χ2n) is 4.48. The maximum absolute atomic E-state index is 12.0. The Labute approximate surface area is 158 Å². The quantitative estimate of drug-likeness (QED) is 0.351. The molecule has 5 heteroatoms. The summed E-state index contributed by atoms with van der Waals surface area (Å²) in [6.07, 6.45) is 1.41. The van der Waals surface area contributed by atoms with Crippen LogP contribution in [-0.2, 0) is 9.59 Å². The number of carbonyl (C=O) groups is 2. The number of carbonyl (C=O) groups excluding carboxylic acids is 2. The first kappa shape index (κ1) is 19.2. The van der Waals surface area contributed by atoms with Crippen LogP contribution in [0.15, 0.2) is 72.3 Å². The fraction of sp³-hybridized carbons (Fsp3) is 0.111. The van der Waals surface area contributed by atoms with E-state index in [-0.39, 0.29) is 43.0 Å². The van der Waals surface area contributed by atoms with Gasteiger partial charge in [0.15, 0.2) is 0 Å². The first-order chi connectivity index (χ1) is 10.7. The minimum atomic E-state index is -0.557. The van der Waals surface area contributed by atoms with Crippen LogP contribution in [0.1, 0.15) is 14.8 Å². The van der Waals surface area contributed by atoms with Crippen LogP contribution in [0.2, 0.25) is 0 Å². The summed E-state index contributed by atoms with van der Waals surface area (Å²) in [6.45, 7) is 1.68. The standard InChI is InChI=1S/C18H16O4.Na.H/c1-2-14(18(20)22-16-11-7-4-8-12-16)13-17(19)21-15-9-5-3-6-10-15;;/h2-12H,13H2,1H3;;/q;+1;-1. The number of hydrogen-bond acceptors (Lipinski definition) is 4. The van der Waals surface area contributed by atoms with Crippen molar-refractivity contribution in [2.75, 3.05) is 0 Å². The van der Waals surface area contributed by atoms with E-state index in [1.54, 1.807) is 61.5 Å². The summed E-state index contributed by atoms with van der Waals surface area (Å²) in [5.41, 5.74) is 0.254. The van der Waals surface area contributed by atoms with Gasteiger partial charge < -0.3 is 10.9 Å². The van der Waals surface area contributed by atoms with E-state index >= 15 is 0 Å². The van der Waals surface area contributed by atoms with Gasteiger partial charge in [-0.1, -0.05) is 42.5 Å². The Balaban J connectivity index is 0.00000264. The Kier molecular flexibility index (Phi) is 8.33. The van der Waals surface area contributed by atoms with Gasteiger partial charge in [-0.05, 0) is 31.2 Å². The summed E-state index contributed by atoms with van der Waals surface area (Å²) in [4.78, 5) is 23.9. The molecule has 0 fully saturated rings. The van der Waals surface area contributed by atoms with Gasteiger partial charge in [-0.3, -0.25) is 4.79 Å².